The fourth-order valence-electron chi connectivity index (χ4n) is 1.90. The highest BCUT2D eigenvalue weighted by Crippen LogP contribution is 2.38. The van der Waals surface area contributed by atoms with Crippen LogP contribution in [0.3, 0.4) is 0 Å². The third kappa shape index (κ3) is 2.53. The summed E-state index contributed by atoms with van der Waals surface area (Å²) in [4.78, 5) is 11.9. The molecule has 0 aliphatic rings. The van der Waals surface area contributed by atoms with Crippen LogP contribution in [0.4, 0.5) is 0 Å². The number of methoxy groups -OCH3 is 1. The Morgan fingerprint density at radius 3 is 2.80 bits per heavy atom. The van der Waals surface area contributed by atoms with E-state index in [2.05, 4.69) is 31.3 Å². The first kappa shape index (κ1) is 14.5. The summed E-state index contributed by atoms with van der Waals surface area (Å²) in [6, 6.07) is 3.79. The number of benzene rings is 1. The van der Waals surface area contributed by atoms with Crippen molar-refractivity contribution in [3.63, 3.8) is 0 Å². The summed E-state index contributed by atoms with van der Waals surface area (Å²) in [7, 11) is 1.56. The first-order valence-corrected chi connectivity index (χ1v) is 6.80. The van der Waals surface area contributed by atoms with E-state index in [0.717, 1.165) is 10.0 Å². The number of H-pyrrole nitrogens is 1. The van der Waals surface area contributed by atoms with Crippen LogP contribution in [-0.2, 0) is 4.74 Å². The molecule has 0 amide bonds. The van der Waals surface area contributed by atoms with Gasteiger partial charge in [-0.05, 0) is 41.4 Å². The lowest BCUT2D eigenvalue weighted by Crippen LogP contribution is -2.07. The van der Waals surface area contributed by atoms with Gasteiger partial charge in [0, 0.05) is 0 Å². The molecule has 0 unspecified atom stereocenters. The van der Waals surface area contributed by atoms with Crippen LogP contribution in [0.1, 0.15) is 23.0 Å². The highest BCUT2D eigenvalue weighted by molar-refractivity contribution is 9.10. The van der Waals surface area contributed by atoms with Gasteiger partial charge in [0.05, 0.1) is 23.8 Å². The predicted octanol–water partition coefficient (Wildman–Crippen LogP) is 2.73. The minimum absolute atomic E-state index is 0.145. The highest BCUT2D eigenvalue weighted by atomic mass is 79.9. The van der Waals surface area contributed by atoms with Crippen molar-refractivity contribution in [1.82, 2.24) is 15.4 Å². The van der Waals surface area contributed by atoms with Crippen molar-refractivity contribution in [3.05, 3.63) is 27.9 Å². The SMILES string of the molecule is CCOC(=O)c1n[nH]nc1-c1c(C)ccc(Br)c1OC. The molecular formula is C13H14BrN3O3. The molecule has 6 nitrogen and oxygen atoms in total. The first-order valence-electron chi connectivity index (χ1n) is 6.01. The second-order valence-electron chi connectivity index (χ2n) is 4.01. The first-order chi connectivity index (χ1) is 9.60. The number of ether oxygens (including phenoxy) is 2. The van der Waals surface area contributed by atoms with E-state index >= 15 is 0 Å². The lowest BCUT2D eigenvalue weighted by Gasteiger charge is -2.12. The molecule has 1 heterocycles. The van der Waals surface area contributed by atoms with E-state index in [-0.39, 0.29) is 12.3 Å². The largest absolute Gasteiger partial charge is 0.495 e. The molecule has 7 heteroatoms. The number of esters is 1. The Kier molecular flexibility index (Phi) is 4.39. The number of carbonyl (C=O) groups is 1. The average Bonchev–Trinajstić information content (AvgIpc) is 2.90. The number of halogens is 1. The molecule has 0 radical (unpaired) electrons. The Labute approximate surface area is 124 Å². The summed E-state index contributed by atoms with van der Waals surface area (Å²) in [5, 5.41) is 10.4. The summed E-state index contributed by atoms with van der Waals surface area (Å²) in [6.45, 7) is 3.93. The zero-order chi connectivity index (χ0) is 14.7. The topological polar surface area (TPSA) is 77.1 Å². The summed E-state index contributed by atoms with van der Waals surface area (Å²) in [6.07, 6.45) is 0. The zero-order valence-corrected chi connectivity index (χ0v) is 12.9. The van der Waals surface area contributed by atoms with Crippen molar-refractivity contribution in [3.8, 4) is 17.0 Å². The van der Waals surface area contributed by atoms with Crippen molar-refractivity contribution in [2.75, 3.05) is 13.7 Å². The Balaban J connectivity index is 2.61. The number of rotatable bonds is 4. The van der Waals surface area contributed by atoms with Crippen molar-refractivity contribution < 1.29 is 14.3 Å². The Morgan fingerprint density at radius 2 is 2.15 bits per heavy atom. The van der Waals surface area contributed by atoms with E-state index in [1.54, 1.807) is 14.0 Å². The molecule has 0 bridgehead atoms. The molecule has 0 spiro atoms. The number of hydrogen-bond donors (Lipinski definition) is 1. The number of aromatic amines is 1. The van der Waals surface area contributed by atoms with Crippen molar-refractivity contribution in [2.24, 2.45) is 0 Å². The molecule has 0 fully saturated rings. The van der Waals surface area contributed by atoms with Crippen LogP contribution < -0.4 is 4.74 Å². The Bertz CT molecular complexity index is 640. The van der Waals surface area contributed by atoms with Crippen LogP contribution >= 0.6 is 15.9 Å². The Hall–Kier alpha value is -1.89. The summed E-state index contributed by atoms with van der Waals surface area (Å²) >= 11 is 3.42. The maximum Gasteiger partial charge on any atom is 0.361 e. The van der Waals surface area contributed by atoms with E-state index in [1.165, 1.54) is 0 Å². The van der Waals surface area contributed by atoms with Crippen LogP contribution in [0.5, 0.6) is 5.75 Å². The standard InChI is InChI=1S/C13H14BrN3O3/c1-4-20-13(18)11-10(15-17-16-11)9-7(2)5-6-8(14)12(9)19-3/h5-6H,4H2,1-3H3,(H,15,16,17). The molecule has 0 atom stereocenters. The van der Waals surface area contributed by atoms with Gasteiger partial charge in [-0.15, -0.1) is 5.10 Å². The minimum atomic E-state index is -0.516. The van der Waals surface area contributed by atoms with Gasteiger partial charge >= 0.3 is 5.97 Å². The smallest absolute Gasteiger partial charge is 0.361 e. The third-order valence-corrected chi connectivity index (χ3v) is 3.40. The molecule has 20 heavy (non-hydrogen) atoms. The zero-order valence-electron chi connectivity index (χ0n) is 11.4. The number of hydrogen-bond acceptors (Lipinski definition) is 5. The van der Waals surface area contributed by atoms with Crippen LogP contribution in [0.25, 0.3) is 11.3 Å². The van der Waals surface area contributed by atoms with E-state index in [0.29, 0.717) is 17.0 Å². The molecule has 1 N–H and O–H groups in total. The number of aromatic nitrogens is 3. The molecule has 0 saturated heterocycles. The van der Waals surface area contributed by atoms with E-state index in [9.17, 15) is 4.79 Å². The normalized spacial score (nSPS) is 10.4. The second-order valence-corrected chi connectivity index (χ2v) is 4.87. The number of nitrogens with one attached hydrogen (secondary N) is 1. The van der Waals surface area contributed by atoms with Gasteiger partial charge in [0.1, 0.15) is 11.4 Å². The molecule has 1 aromatic heterocycles. The van der Waals surface area contributed by atoms with Gasteiger partial charge in [-0.1, -0.05) is 6.07 Å². The van der Waals surface area contributed by atoms with Gasteiger partial charge in [-0.3, -0.25) is 0 Å². The fourth-order valence-corrected chi connectivity index (χ4v) is 2.39. The lowest BCUT2D eigenvalue weighted by molar-refractivity contribution is 0.0520. The predicted molar refractivity (Wildman–Crippen MR) is 76.8 cm³/mol. The molecule has 1 aromatic carbocycles. The summed E-state index contributed by atoms with van der Waals surface area (Å²) in [5.74, 6) is 0.0853. The van der Waals surface area contributed by atoms with Crippen LogP contribution in [0.15, 0.2) is 16.6 Å². The van der Waals surface area contributed by atoms with Gasteiger partial charge in [-0.25, -0.2) is 4.79 Å². The lowest BCUT2D eigenvalue weighted by atomic mass is 10.0. The minimum Gasteiger partial charge on any atom is -0.495 e. The maximum atomic E-state index is 11.9. The highest BCUT2D eigenvalue weighted by Gasteiger charge is 2.24. The van der Waals surface area contributed by atoms with Gasteiger partial charge in [0.25, 0.3) is 0 Å². The van der Waals surface area contributed by atoms with Gasteiger partial charge in [-0.2, -0.15) is 10.3 Å². The fraction of sp³-hybridized carbons (Fsp3) is 0.308. The quantitative estimate of drug-likeness (QED) is 0.866. The number of nitrogens with zero attached hydrogens (tertiary/aromatic N) is 2. The molecule has 0 aliphatic carbocycles. The average molecular weight is 340 g/mol. The van der Waals surface area contributed by atoms with Crippen LogP contribution in [0.2, 0.25) is 0 Å². The molecule has 2 aromatic rings. The molecule has 2 rings (SSSR count). The molecule has 0 aliphatic heterocycles. The van der Waals surface area contributed by atoms with E-state index in [1.807, 2.05) is 19.1 Å². The number of aryl methyl sites for hydroxylation is 1. The maximum absolute atomic E-state index is 11.9. The number of carbonyl (C=O) groups excluding carboxylic acids is 1. The van der Waals surface area contributed by atoms with E-state index < -0.39 is 5.97 Å². The monoisotopic (exact) mass is 339 g/mol. The summed E-state index contributed by atoms with van der Waals surface area (Å²) < 4.78 is 11.1. The molecule has 106 valence electrons. The summed E-state index contributed by atoms with van der Waals surface area (Å²) in [5.41, 5.74) is 2.19. The van der Waals surface area contributed by atoms with Crippen molar-refractivity contribution in [2.45, 2.75) is 13.8 Å². The van der Waals surface area contributed by atoms with Crippen LogP contribution in [-0.4, -0.2) is 35.1 Å². The molecule has 0 saturated carbocycles. The van der Waals surface area contributed by atoms with E-state index in [4.69, 9.17) is 9.47 Å². The van der Waals surface area contributed by atoms with Crippen molar-refractivity contribution in [1.29, 1.82) is 0 Å². The van der Waals surface area contributed by atoms with Crippen LogP contribution in [0, 0.1) is 6.92 Å². The second kappa shape index (κ2) is 6.04. The van der Waals surface area contributed by atoms with Gasteiger partial charge < -0.3 is 9.47 Å². The van der Waals surface area contributed by atoms with Crippen molar-refractivity contribution >= 4 is 21.9 Å². The third-order valence-electron chi connectivity index (χ3n) is 2.78. The van der Waals surface area contributed by atoms with Gasteiger partial charge in [0.2, 0.25) is 0 Å². The molecular weight excluding hydrogens is 326 g/mol. The van der Waals surface area contributed by atoms with Gasteiger partial charge in [0.15, 0.2) is 5.69 Å². The Morgan fingerprint density at radius 1 is 1.40 bits per heavy atom.